The predicted molar refractivity (Wildman–Crippen MR) is 83.7 cm³/mol. The molecule has 0 fully saturated rings. The molecule has 7 heteroatoms. The molecule has 0 saturated heterocycles. The molecule has 0 aliphatic rings. The monoisotopic (exact) mass is 317 g/mol. The molecular weight excluding hydrogens is 298 g/mol. The number of alkyl carbamates (subject to hydrolysis) is 1. The topological polar surface area (TPSA) is 93.5 Å². The molecule has 23 heavy (non-hydrogen) atoms. The molecule has 0 bridgehead atoms. The van der Waals surface area contributed by atoms with Crippen LogP contribution >= 0.6 is 0 Å². The van der Waals surface area contributed by atoms with Crippen molar-refractivity contribution in [2.24, 2.45) is 0 Å². The summed E-state index contributed by atoms with van der Waals surface area (Å²) in [6, 6.07) is 11.1. The smallest absolute Gasteiger partial charge is 0.407 e. The summed E-state index contributed by atoms with van der Waals surface area (Å²) >= 11 is 0. The number of ether oxygens (including phenoxy) is 1. The molecule has 2 aromatic rings. The van der Waals surface area contributed by atoms with E-state index in [1.54, 1.807) is 13.0 Å². The Labute approximate surface area is 134 Å². The number of aromatic nitrogens is 1. The van der Waals surface area contributed by atoms with Crippen molar-refractivity contribution in [2.45, 2.75) is 26.4 Å². The third-order valence-electron chi connectivity index (χ3n) is 2.96. The number of carbonyl (C=O) groups is 2. The quantitative estimate of drug-likeness (QED) is 0.766. The number of amides is 2. The molecule has 122 valence electrons. The first-order valence-electron chi connectivity index (χ1n) is 7.31. The molecule has 2 rings (SSSR count). The number of carbonyl (C=O) groups excluding carboxylic acids is 2. The average molecular weight is 317 g/mol. The van der Waals surface area contributed by atoms with Gasteiger partial charge in [0.1, 0.15) is 12.4 Å². The van der Waals surface area contributed by atoms with Crippen LogP contribution in [-0.4, -0.2) is 23.7 Å². The van der Waals surface area contributed by atoms with Gasteiger partial charge in [0.15, 0.2) is 5.82 Å². The van der Waals surface area contributed by atoms with Crippen LogP contribution in [0.2, 0.25) is 0 Å². The van der Waals surface area contributed by atoms with E-state index in [0.717, 1.165) is 5.56 Å². The second-order valence-corrected chi connectivity index (χ2v) is 4.96. The Bertz CT molecular complexity index is 640. The van der Waals surface area contributed by atoms with Gasteiger partial charge in [-0.3, -0.25) is 4.79 Å². The standard InChI is InChI=1S/C16H19N3O4/c1-12-10-14(19-23-12)18-15(20)8-5-9-17-16(21)22-11-13-6-3-2-4-7-13/h2-4,6-7,10H,5,8-9,11H2,1H3,(H,17,21)(H,18,19,20). The maximum absolute atomic E-state index is 11.6. The number of nitrogens with one attached hydrogen (secondary N) is 2. The lowest BCUT2D eigenvalue weighted by Gasteiger charge is -2.07. The van der Waals surface area contributed by atoms with Crippen LogP contribution in [0.25, 0.3) is 0 Å². The van der Waals surface area contributed by atoms with Crippen molar-refractivity contribution in [2.75, 3.05) is 11.9 Å². The molecule has 7 nitrogen and oxygen atoms in total. The minimum atomic E-state index is -0.499. The summed E-state index contributed by atoms with van der Waals surface area (Å²) in [6.07, 6.45) is 0.273. The Morgan fingerprint density at radius 1 is 1.26 bits per heavy atom. The molecule has 2 N–H and O–H groups in total. The number of hydrogen-bond acceptors (Lipinski definition) is 5. The highest BCUT2D eigenvalue weighted by Gasteiger charge is 2.07. The van der Waals surface area contributed by atoms with E-state index in [4.69, 9.17) is 9.26 Å². The van der Waals surface area contributed by atoms with Crippen molar-refractivity contribution in [1.82, 2.24) is 10.5 Å². The van der Waals surface area contributed by atoms with E-state index in [9.17, 15) is 9.59 Å². The number of hydrogen-bond donors (Lipinski definition) is 2. The fourth-order valence-electron chi connectivity index (χ4n) is 1.84. The van der Waals surface area contributed by atoms with Crippen LogP contribution in [0.15, 0.2) is 40.9 Å². The van der Waals surface area contributed by atoms with Gasteiger partial charge in [0.25, 0.3) is 0 Å². The first-order chi connectivity index (χ1) is 11.1. The highest BCUT2D eigenvalue weighted by molar-refractivity contribution is 5.89. The van der Waals surface area contributed by atoms with Crippen LogP contribution in [-0.2, 0) is 16.1 Å². The molecule has 0 spiro atoms. The summed E-state index contributed by atoms with van der Waals surface area (Å²) in [5.74, 6) is 0.837. The van der Waals surface area contributed by atoms with E-state index in [1.807, 2.05) is 30.3 Å². The van der Waals surface area contributed by atoms with E-state index in [2.05, 4.69) is 15.8 Å². The van der Waals surface area contributed by atoms with Crippen molar-refractivity contribution in [3.63, 3.8) is 0 Å². The fourth-order valence-corrected chi connectivity index (χ4v) is 1.84. The number of anilines is 1. The Hall–Kier alpha value is -2.83. The van der Waals surface area contributed by atoms with E-state index in [0.29, 0.717) is 24.5 Å². The third-order valence-corrected chi connectivity index (χ3v) is 2.96. The first kappa shape index (κ1) is 16.5. The van der Waals surface area contributed by atoms with E-state index >= 15 is 0 Å². The summed E-state index contributed by atoms with van der Waals surface area (Å²) in [6.45, 7) is 2.32. The van der Waals surface area contributed by atoms with Crippen LogP contribution < -0.4 is 10.6 Å². The van der Waals surface area contributed by atoms with Gasteiger partial charge < -0.3 is 19.9 Å². The molecule has 1 heterocycles. The first-order valence-corrected chi connectivity index (χ1v) is 7.31. The lowest BCUT2D eigenvalue weighted by atomic mass is 10.2. The van der Waals surface area contributed by atoms with E-state index < -0.39 is 6.09 Å². The van der Waals surface area contributed by atoms with Gasteiger partial charge in [0, 0.05) is 19.0 Å². The van der Waals surface area contributed by atoms with Crippen LogP contribution in [0.3, 0.4) is 0 Å². The molecule has 0 aliphatic heterocycles. The van der Waals surface area contributed by atoms with Crippen LogP contribution in [0.5, 0.6) is 0 Å². The molecule has 0 radical (unpaired) electrons. The van der Waals surface area contributed by atoms with Crippen molar-refractivity contribution in [3.05, 3.63) is 47.7 Å². The molecular formula is C16H19N3O4. The van der Waals surface area contributed by atoms with Crippen molar-refractivity contribution in [3.8, 4) is 0 Å². The fraction of sp³-hybridized carbons (Fsp3) is 0.312. The van der Waals surface area contributed by atoms with Gasteiger partial charge in [-0.2, -0.15) is 0 Å². The number of benzene rings is 1. The van der Waals surface area contributed by atoms with Gasteiger partial charge in [-0.25, -0.2) is 4.79 Å². The van der Waals surface area contributed by atoms with Crippen molar-refractivity contribution < 1.29 is 18.8 Å². The maximum Gasteiger partial charge on any atom is 0.407 e. The number of nitrogens with zero attached hydrogens (tertiary/aromatic N) is 1. The second kappa shape index (κ2) is 8.57. The van der Waals surface area contributed by atoms with Gasteiger partial charge >= 0.3 is 6.09 Å². The zero-order valence-electron chi connectivity index (χ0n) is 12.9. The predicted octanol–water partition coefficient (Wildman–Crippen LogP) is 2.63. The van der Waals surface area contributed by atoms with Gasteiger partial charge in [-0.05, 0) is 18.9 Å². The minimum Gasteiger partial charge on any atom is -0.445 e. The van der Waals surface area contributed by atoms with Crippen LogP contribution in [0.1, 0.15) is 24.2 Å². The Kier molecular flexibility index (Phi) is 6.17. The molecule has 2 amide bonds. The largest absolute Gasteiger partial charge is 0.445 e. The molecule has 0 saturated carbocycles. The summed E-state index contributed by atoms with van der Waals surface area (Å²) < 4.78 is 9.91. The highest BCUT2D eigenvalue weighted by atomic mass is 16.5. The lowest BCUT2D eigenvalue weighted by molar-refractivity contribution is -0.116. The lowest BCUT2D eigenvalue weighted by Crippen LogP contribution is -2.26. The van der Waals surface area contributed by atoms with Gasteiger partial charge in [-0.1, -0.05) is 35.5 Å². The normalized spacial score (nSPS) is 10.1. The summed E-state index contributed by atoms with van der Waals surface area (Å²) in [5.41, 5.74) is 0.921. The molecule has 0 atom stereocenters. The summed E-state index contributed by atoms with van der Waals surface area (Å²) in [4.78, 5) is 23.1. The Morgan fingerprint density at radius 2 is 2.04 bits per heavy atom. The van der Waals surface area contributed by atoms with Gasteiger partial charge in [0.05, 0.1) is 0 Å². The number of rotatable bonds is 7. The van der Waals surface area contributed by atoms with E-state index in [-0.39, 0.29) is 18.9 Å². The molecule has 1 aromatic heterocycles. The van der Waals surface area contributed by atoms with Gasteiger partial charge in [-0.15, -0.1) is 0 Å². The Morgan fingerprint density at radius 3 is 2.74 bits per heavy atom. The summed E-state index contributed by atoms with van der Waals surface area (Å²) in [5, 5.41) is 8.88. The van der Waals surface area contributed by atoms with Crippen molar-refractivity contribution >= 4 is 17.8 Å². The number of aryl methyl sites for hydroxylation is 1. The SMILES string of the molecule is Cc1cc(NC(=O)CCCNC(=O)OCc2ccccc2)no1. The Balaban J connectivity index is 1.56. The van der Waals surface area contributed by atoms with Gasteiger partial charge in [0.2, 0.25) is 5.91 Å². The maximum atomic E-state index is 11.6. The molecule has 0 unspecified atom stereocenters. The average Bonchev–Trinajstić information content (AvgIpc) is 2.95. The van der Waals surface area contributed by atoms with E-state index in [1.165, 1.54) is 0 Å². The van der Waals surface area contributed by atoms with Crippen LogP contribution in [0.4, 0.5) is 10.6 Å². The third kappa shape index (κ3) is 6.21. The zero-order valence-corrected chi connectivity index (χ0v) is 12.9. The van der Waals surface area contributed by atoms with Crippen LogP contribution in [0, 0.1) is 6.92 Å². The zero-order chi connectivity index (χ0) is 16.5. The molecule has 1 aromatic carbocycles. The highest BCUT2D eigenvalue weighted by Crippen LogP contribution is 2.07. The van der Waals surface area contributed by atoms with Crippen molar-refractivity contribution in [1.29, 1.82) is 0 Å². The summed E-state index contributed by atoms with van der Waals surface area (Å²) in [7, 11) is 0. The minimum absolute atomic E-state index is 0.183. The second-order valence-electron chi connectivity index (χ2n) is 4.96. The molecule has 0 aliphatic carbocycles.